The van der Waals surface area contributed by atoms with Crippen LogP contribution in [0.25, 0.3) is 11.3 Å². The highest BCUT2D eigenvalue weighted by molar-refractivity contribution is 5.61. The summed E-state index contributed by atoms with van der Waals surface area (Å²) in [7, 11) is 0. The molecule has 1 nitrogen and oxygen atoms in total. The van der Waals surface area contributed by atoms with Gasteiger partial charge >= 0.3 is 0 Å². The van der Waals surface area contributed by atoms with E-state index in [0.717, 1.165) is 24.4 Å². The van der Waals surface area contributed by atoms with Crippen LogP contribution in [0.3, 0.4) is 0 Å². The molecule has 0 bridgehead atoms. The van der Waals surface area contributed by atoms with Crippen molar-refractivity contribution >= 4 is 0 Å². The Balaban J connectivity index is 2.72. The number of hydrogen-bond donors (Lipinski definition) is 0. The zero-order valence-corrected chi connectivity index (χ0v) is 8.33. The Morgan fingerprint density at radius 3 is 2.38 bits per heavy atom. The highest BCUT2D eigenvalue weighted by Crippen LogP contribution is 2.21. The van der Waals surface area contributed by atoms with E-state index in [9.17, 15) is 0 Å². The van der Waals surface area contributed by atoms with Crippen molar-refractivity contribution in [2.24, 2.45) is 0 Å². The fraction of sp³-hybridized carbons (Fsp3) is 0.267. The Kier molecular flexibility index (Phi) is 0.876. The molecule has 82 valence electrons. The number of hydrogen-bond acceptors (Lipinski definition) is 1. The monoisotopic (exact) mass is 223 g/mol. The Bertz CT molecular complexity index is 797. The third-order valence-corrected chi connectivity index (χ3v) is 2.22. The highest BCUT2D eigenvalue weighted by atomic mass is 14.7. The first-order chi connectivity index (χ1) is 12.4. The van der Waals surface area contributed by atoms with E-state index >= 15 is 0 Å². The van der Waals surface area contributed by atoms with Gasteiger partial charge < -0.3 is 0 Å². The molecule has 2 aromatic rings. The summed E-state index contributed by atoms with van der Waals surface area (Å²) in [6, 6.07) is 4.65. The van der Waals surface area contributed by atoms with E-state index in [4.69, 9.17) is 16.4 Å². The largest absolute Gasteiger partial charge is 0.256 e. The van der Waals surface area contributed by atoms with Crippen LogP contribution in [0, 0.1) is 27.4 Å². The molecular weight excluding hydrogens is 194 g/mol. The second kappa shape index (κ2) is 4.09. The van der Waals surface area contributed by atoms with Gasteiger partial charge in [0.1, 0.15) is 0 Å². The number of pyridine rings is 1. The van der Waals surface area contributed by atoms with Gasteiger partial charge in [0.2, 0.25) is 0 Å². The molecule has 0 unspecified atom stereocenters. The van der Waals surface area contributed by atoms with E-state index in [1.54, 1.807) is 0 Å². The van der Waals surface area contributed by atoms with Gasteiger partial charge in [-0.15, -0.1) is 0 Å². The lowest BCUT2D eigenvalue weighted by Gasteiger charge is -2.07. The molecule has 0 atom stereocenters. The van der Waals surface area contributed by atoms with Gasteiger partial charge in [0.25, 0.3) is 0 Å². The van der Waals surface area contributed by atoms with Crippen LogP contribution in [0.15, 0.2) is 30.5 Å². The quantitative estimate of drug-likeness (QED) is 0.712. The van der Waals surface area contributed by atoms with Crippen molar-refractivity contribution in [3.05, 3.63) is 52.7 Å². The Morgan fingerprint density at radius 1 is 0.875 bits per heavy atom. The molecule has 1 aromatic carbocycles. The molecule has 0 amide bonds. The van der Waals surface area contributed by atoms with Crippen molar-refractivity contribution in [3.8, 4) is 11.3 Å². The van der Waals surface area contributed by atoms with Crippen molar-refractivity contribution in [2.45, 2.75) is 27.4 Å². The van der Waals surface area contributed by atoms with Crippen LogP contribution >= 0.6 is 0 Å². The number of nitrogens with zero attached hydrogens (tertiary/aromatic N) is 1. The third-order valence-electron chi connectivity index (χ3n) is 2.22. The van der Waals surface area contributed by atoms with E-state index < -0.39 is 44.1 Å². The second-order valence-electron chi connectivity index (χ2n) is 3.38. The van der Waals surface area contributed by atoms with Crippen LogP contribution in [0.2, 0.25) is 0 Å². The predicted octanol–water partition coefficient (Wildman–Crippen LogP) is 3.98. The van der Waals surface area contributed by atoms with Gasteiger partial charge in [0.05, 0.1) is 5.69 Å². The molecule has 0 aliphatic carbocycles. The van der Waals surface area contributed by atoms with Crippen LogP contribution in [0.5, 0.6) is 0 Å². The maximum atomic E-state index is 7.61. The van der Waals surface area contributed by atoms with Gasteiger partial charge in [-0.1, -0.05) is 12.1 Å². The first-order valence-corrected chi connectivity index (χ1v) is 4.59. The van der Waals surface area contributed by atoms with Crippen LogP contribution < -0.4 is 0 Å². The predicted molar refractivity (Wildman–Crippen MR) is 68.6 cm³/mol. The van der Waals surface area contributed by atoms with E-state index in [1.807, 2.05) is 0 Å². The molecule has 0 spiro atoms. The second-order valence-corrected chi connectivity index (χ2v) is 3.38. The van der Waals surface area contributed by atoms with Gasteiger partial charge in [-0.3, -0.25) is 4.98 Å². The van der Waals surface area contributed by atoms with Crippen molar-refractivity contribution in [3.63, 3.8) is 0 Å². The maximum Gasteiger partial charge on any atom is 0.0704 e. The van der Waals surface area contributed by atoms with Gasteiger partial charge in [-0.05, 0) is 61.8 Å². The first-order valence-electron chi connectivity index (χ1n) is 10.6. The maximum absolute atomic E-state index is 7.61. The van der Waals surface area contributed by atoms with Crippen LogP contribution in [0.4, 0.5) is 0 Å². The third kappa shape index (κ3) is 1.99. The standard InChI is InChI=1S/C15H17N/c1-10-5-6-14(7-11(10)2)15-8-12(3)13(4)9-16-15/h5-9H,1-4H3/i1D3,2D3,3D3,4D3. The van der Waals surface area contributed by atoms with E-state index in [2.05, 4.69) is 4.98 Å². The Labute approximate surface area is 114 Å². The van der Waals surface area contributed by atoms with E-state index in [0.29, 0.717) is 0 Å². The average Bonchev–Trinajstić information content (AvgIpc) is 2.50. The molecular formula is C15H17N. The minimum Gasteiger partial charge on any atom is -0.256 e. The molecule has 0 radical (unpaired) electrons. The minimum atomic E-state index is -2.73. The van der Waals surface area contributed by atoms with Gasteiger partial charge in [0.15, 0.2) is 0 Å². The summed E-state index contributed by atoms with van der Waals surface area (Å²) in [5.74, 6) is 0. The number of rotatable bonds is 1. The van der Waals surface area contributed by atoms with Crippen LogP contribution in [-0.4, -0.2) is 4.98 Å². The Morgan fingerprint density at radius 2 is 1.62 bits per heavy atom. The lowest BCUT2D eigenvalue weighted by molar-refractivity contribution is 1.21. The molecule has 0 aliphatic heterocycles. The molecule has 2 rings (SSSR count). The number of benzene rings is 1. The summed E-state index contributed by atoms with van der Waals surface area (Å²) >= 11 is 0. The van der Waals surface area contributed by atoms with Gasteiger partial charge in [-0.25, -0.2) is 0 Å². The topological polar surface area (TPSA) is 12.9 Å². The van der Waals surface area contributed by atoms with Crippen LogP contribution in [-0.2, 0) is 0 Å². The molecule has 0 saturated carbocycles. The summed E-state index contributed by atoms with van der Waals surface area (Å²) in [5, 5.41) is 0. The molecule has 0 fully saturated rings. The molecule has 1 heteroatoms. The molecule has 0 aliphatic rings. The van der Waals surface area contributed by atoms with Crippen LogP contribution in [0.1, 0.15) is 38.7 Å². The molecule has 0 saturated heterocycles. The summed E-state index contributed by atoms with van der Waals surface area (Å²) in [5.41, 5.74) is -1.39. The fourth-order valence-electron chi connectivity index (χ4n) is 1.32. The zero-order valence-electron chi connectivity index (χ0n) is 20.3. The summed E-state index contributed by atoms with van der Waals surface area (Å²) in [4.78, 5) is 3.97. The van der Waals surface area contributed by atoms with Gasteiger partial charge in [-0.2, -0.15) is 0 Å². The van der Waals surface area contributed by atoms with E-state index in [-0.39, 0.29) is 16.8 Å². The number of aromatic nitrogens is 1. The Hall–Kier alpha value is -1.63. The van der Waals surface area contributed by atoms with Crippen molar-refractivity contribution in [1.29, 1.82) is 0 Å². The van der Waals surface area contributed by atoms with Crippen molar-refractivity contribution in [2.75, 3.05) is 0 Å². The molecule has 1 heterocycles. The van der Waals surface area contributed by atoms with E-state index in [1.165, 1.54) is 6.07 Å². The highest BCUT2D eigenvalue weighted by Gasteiger charge is 2.02. The zero-order chi connectivity index (χ0) is 21.7. The smallest absolute Gasteiger partial charge is 0.0704 e. The lowest BCUT2D eigenvalue weighted by Crippen LogP contribution is -1.89. The van der Waals surface area contributed by atoms with Crippen molar-refractivity contribution in [1.82, 2.24) is 4.98 Å². The van der Waals surface area contributed by atoms with Crippen molar-refractivity contribution < 1.29 is 16.4 Å². The summed E-state index contributed by atoms with van der Waals surface area (Å²) in [6.45, 7) is -10.8. The summed E-state index contributed by atoms with van der Waals surface area (Å²) < 4.78 is 90.6. The molecule has 0 N–H and O–H groups in total. The molecule has 1 aromatic heterocycles. The lowest BCUT2D eigenvalue weighted by atomic mass is 10.0. The average molecular weight is 223 g/mol. The number of aryl methyl sites for hydroxylation is 4. The minimum absolute atomic E-state index is 0.0294. The first kappa shape index (κ1) is 3.43. The summed E-state index contributed by atoms with van der Waals surface area (Å²) in [6.07, 6.45) is 0.927. The molecule has 16 heavy (non-hydrogen) atoms. The fourth-order valence-corrected chi connectivity index (χ4v) is 1.32. The van der Waals surface area contributed by atoms with Gasteiger partial charge in [0, 0.05) is 28.2 Å². The SMILES string of the molecule is [2H]C([2H])([2H])c1ccc(-c2cc(C([2H])([2H])[2H])c(C([2H])([2H])[2H])cn2)cc1C([2H])([2H])[2H]. The normalized spacial score (nSPS) is 24.8.